The number of nitrogens with one attached hydrogen (secondary N) is 2. The van der Waals surface area contributed by atoms with Crippen LogP contribution in [0.5, 0.6) is 0 Å². The second kappa shape index (κ2) is 5.88. The molecule has 8 heteroatoms. The second-order valence-corrected chi connectivity index (χ2v) is 6.16. The first-order chi connectivity index (χ1) is 9.41. The highest BCUT2D eigenvalue weighted by Crippen LogP contribution is 2.18. The molecule has 1 aromatic rings. The van der Waals surface area contributed by atoms with Gasteiger partial charge in [-0.2, -0.15) is 0 Å². The van der Waals surface area contributed by atoms with Crippen LogP contribution < -0.4 is 15.8 Å². The molecule has 2 unspecified atom stereocenters. The Labute approximate surface area is 117 Å². The van der Waals surface area contributed by atoms with Crippen molar-refractivity contribution in [3.05, 3.63) is 24.3 Å². The third-order valence-electron chi connectivity index (χ3n) is 3.22. The Morgan fingerprint density at radius 2 is 2.15 bits per heavy atom. The lowest BCUT2D eigenvalue weighted by atomic mass is 10.0. The molecule has 0 aromatic heterocycles. The zero-order chi connectivity index (χ0) is 14.8. The molecule has 1 aliphatic heterocycles. The van der Waals surface area contributed by atoms with Crippen molar-refractivity contribution in [2.45, 2.75) is 10.9 Å². The molecule has 7 nitrogen and oxygen atoms in total. The van der Waals surface area contributed by atoms with Gasteiger partial charge in [-0.25, -0.2) is 13.6 Å². The summed E-state index contributed by atoms with van der Waals surface area (Å²) in [6.07, 6.45) is 0. The molecule has 1 aliphatic rings. The SMILES string of the molecule is CNC1COCC1C(=O)Nc1cccc(S(N)(=O)=O)c1. The Bertz CT molecular complexity index is 602. The monoisotopic (exact) mass is 299 g/mol. The van der Waals surface area contributed by atoms with Crippen LogP contribution in [0, 0.1) is 5.92 Å². The molecule has 4 N–H and O–H groups in total. The molecule has 0 saturated carbocycles. The predicted molar refractivity (Wildman–Crippen MR) is 73.6 cm³/mol. The van der Waals surface area contributed by atoms with Gasteiger partial charge in [-0.1, -0.05) is 6.07 Å². The Hall–Kier alpha value is -1.48. The predicted octanol–water partition coefficient (Wildman–Crippen LogP) is -0.493. The van der Waals surface area contributed by atoms with Crippen molar-refractivity contribution in [3.63, 3.8) is 0 Å². The van der Waals surface area contributed by atoms with Gasteiger partial charge in [0.2, 0.25) is 15.9 Å². The van der Waals surface area contributed by atoms with Crippen LogP contribution in [0.2, 0.25) is 0 Å². The lowest BCUT2D eigenvalue weighted by molar-refractivity contribution is -0.120. The fourth-order valence-corrected chi connectivity index (χ4v) is 2.64. The zero-order valence-corrected chi connectivity index (χ0v) is 11.8. The van der Waals surface area contributed by atoms with Crippen LogP contribution >= 0.6 is 0 Å². The van der Waals surface area contributed by atoms with Crippen LogP contribution in [0.1, 0.15) is 0 Å². The van der Waals surface area contributed by atoms with Gasteiger partial charge in [-0.05, 0) is 25.2 Å². The minimum atomic E-state index is -3.78. The maximum atomic E-state index is 12.1. The van der Waals surface area contributed by atoms with Gasteiger partial charge in [0.15, 0.2) is 0 Å². The normalized spacial score (nSPS) is 22.7. The fraction of sp³-hybridized carbons (Fsp3) is 0.417. The summed E-state index contributed by atoms with van der Waals surface area (Å²) < 4.78 is 27.8. The van der Waals surface area contributed by atoms with Gasteiger partial charge >= 0.3 is 0 Å². The average molecular weight is 299 g/mol. The molecule has 0 aliphatic carbocycles. The number of anilines is 1. The van der Waals surface area contributed by atoms with E-state index < -0.39 is 10.0 Å². The van der Waals surface area contributed by atoms with E-state index in [-0.39, 0.29) is 22.8 Å². The van der Waals surface area contributed by atoms with E-state index in [2.05, 4.69) is 10.6 Å². The molecule has 2 rings (SSSR count). The van der Waals surface area contributed by atoms with Gasteiger partial charge in [0.25, 0.3) is 0 Å². The highest BCUT2D eigenvalue weighted by Gasteiger charge is 2.33. The van der Waals surface area contributed by atoms with Crippen molar-refractivity contribution in [2.24, 2.45) is 11.1 Å². The van der Waals surface area contributed by atoms with Crippen LogP contribution in [-0.4, -0.2) is 40.6 Å². The molecule has 1 heterocycles. The third kappa shape index (κ3) is 3.34. The second-order valence-electron chi connectivity index (χ2n) is 4.60. The van der Waals surface area contributed by atoms with E-state index in [0.717, 1.165) is 0 Å². The van der Waals surface area contributed by atoms with Crippen molar-refractivity contribution < 1.29 is 17.9 Å². The number of hydrogen-bond acceptors (Lipinski definition) is 5. The fourth-order valence-electron chi connectivity index (χ4n) is 2.08. The van der Waals surface area contributed by atoms with E-state index in [1.165, 1.54) is 18.2 Å². The first-order valence-corrected chi connectivity index (χ1v) is 7.65. The summed E-state index contributed by atoms with van der Waals surface area (Å²) in [5.41, 5.74) is 0.392. The largest absolute Gasteiger partial charge is 0.379 e. The number of ether oxygens (including phenoxy) is 1. The summed E-state index contributed by atoms with van der Waals surface area (Å²) in [4.78, 5) is 12.1. The Balaban J connectivity index is 2.12. The first-order valence-electron chi connectivity index (χ1n) is 6.10. The van der Waals surface area contributed by atoms with E-state index in [1.807, 2.05) is 0 Å². The molecule has 1 saturated heterocycles. The molecule has 0 spiro atoms. The average Bonchev–Trinajstić information content (AvgIpc) is 2.86. The summed E-state index contributed by atoms with van der Waals surface area (Å²) in [6, 6.07) is 5.79. The summed E-state index contributed by atoms with van der Waals surface area (Å²) in [5, 5.41) is 10.7. The molecule has 1 amide bonds. The van der Waals surface area contributed by atoms with Crippen molar-refractivity contribution in [1.29, 1.82) is 0 Å². The van der Waals surface area contributed by atoms with Crippen LogP contribution in [0.15, 0.2) is 29.2 Å². The van der Waals surface area contributed by atoms with Gasteiger partial charge in [0.05, 0.1) is 24.0 Å². The minimum Gasteiger partial charge on any atom is -0.379 e. The molecular weight excluding hydrogens is 282 g/mol. The van der Waals surface area contributed by atoms with Crippen LogP contribution in [0.25, 0.3) is 0 Å². The topological polar surface area (TPSA) is 111 Å². The summed E-state index contributed by atoms with van der Waals surface area (Å²) in [6.45, 7) is 0.817. The number of carbonyl (C=O) groups excluding carboxylic acids is 1. The maximum Gasteiger partial charge on any atom is 0.238 e. The number of likely N-dealkylation sites (N-methyl/N-ethyl adjacent to an activating group) is 1. The van der Waals surface area contributed by atoms with Gasteiger partial charge in [0, 0.05) is 11.7 Å². The number of hydrogen-bond donors (Lipinski definition) is 3. The van der Waals surface area contributed by atoms with Crippen molar-refractivity contribution in [1.82, 2.24) is 5.32 Å². The van der Waals surface area contributed by atoms with Gasteiger partial charge in [0.1, 0.15) is 0 Å². The van der Waals surface area contributed by atoms with Gasteiger partial charge in [-0.15, -0.1) is 0 Å². The van der Waals surface area contributed by atoms with E-state index in [9.17, 15) is 13.2 Å². The highest BCUT2D eigenvalue weighted by molar-refractivity contribution is 7.89. The Morgan fingerprint density at radius 1 is 1.40 bits per heavy atom. The van der Waals surface area contributed by atoms with Crippen molar-refractivity contribution in [2.75, 3.05) is 25.6 Å². The van der Waals surface area contributed by atoms with E-state index in [4.69, 9.17) is 9.88 Å². The lowest BCUT2D eigenvalue weighted by Gasteiger charge is -2.16. The van der Waals surface area contributed by atoms with E-state index in [1.54, 1.807) is 13.1 Å². The number of nitrogens with two attached hydrogens (primary N) is 1. The number of benzene rings is 1. The lowest BCUT2D eigenvalue weighted by Crippen LogP contribution is -2.39. The van der Waals surface area contributed by atoms with Gasteiger partial charge < -0.3 is 15.4 Å². The Morgan fingerprint density at radius 3 is 2.80 bits per heavy atom. The smallest absolute Gasteiger partial charge is 0.238 e. The zero-order valence-electron chi connectivity index (χ0n) is 11.0. The van der Waals surface area contributed by atoms with Crippen LogP contribution in [-0.2, 0) is 19.6 Å². The molecule has 1 fully saturated rings. The molecule has 0 bridgehead atoms. The molecule has 1 aromatic carbocycles. The number of rotatable bonds is 4. The number of amides is 1. The third-order valence-corrected chi connectivity index (χ3v) is 4.13. The van der Waals surface area contributed by atoms with Crippen molar-refractivity contribution in [3.8, 4) is 0 Å². The summed E-state index contributed by atoms with van der Waals surface area (Å²) in [7, 11) is -2.02. The number of sulfonamides is 1. The molecule has 0 radical (unpaired) electrons. The van der Waals surface area contributed by atoms with E-state index in [0.29, 0.717) is 18.9 Å². The van der Waals surface area contributed by atoms with Crippen LogP contribution in [0.4, 0.5) is 5.69 Å². The maximum absolute atomic E-state index is 12.1. The first kappa shape index (κ1) is 14.9. The standard InChI is InChI=1S/C12H17N3O4S/c1-14-11-7-19-6-10(11)12(16)15-8-3-2-4-9(5-8)20(13,17)18/h2-5,10-11,14H,6-7H2,1H3,(H,15,16)(H2,13,17,18). The Kier molecular flexibility index (Phi) is 4.39. The summed E-state index contributed by atoms with van der Waals surface area (Å²) >= 11 is 0. The number of primary sulfonamides is 1. The number of carbonyl (C=O) groups is 1. The van der Waals surface area contributed by atoms with Gasteiger partial charge in [-0.3, -0.25) is 4.79 Å². The molecular formula is C12H17N3O4S. The summed E-state index contributed by atoms with van der Waals surface area (Å²) in [5.74, 6) is -0.522. The van der Waals surface area contributed by atoms with Crippen molar-refractivity contribution >= 4 is 21.6 Å². The molecule has 110 valence electrons. The highest BCUT2D eigenvalue weighted by atomic mass is 32.2. The van der Waals surface area contributed by atoms with Crippen LogP contribution in [0.3, 0.4) is 0 Å². The quantitative estimate of drug-likeness (QED) is 0.694. The minimum absolute atomic E-state index is 0.0388. The van der Waals surface area contributed by atoms with E-state index >= 15 is 0 Å². The molecule has 20 heavy (non-hydrogen) atoms. The molecule has 2 atom stereocenters.